The van der Waals surface area contributed by atoms with E-state index in [1.807, 2.05) is 7.05 Å². The van der Waals surface area contributed by atoms with Crippen molar-refractivity contribution in [2.75, 3.05) is 26.8 Å². The molecule has 1 saturated carbocycles. The van der Waals surface area contributed by atoms with Gasteiger partial charge in [0.05, 0.1) is 13.2 Å². The van der Waals surface area contributed by atoms with E-state index in [0.29, 0.717) is 0 Å². The molecule has 3 nitrogen and oxygen atoms in total. The molecule has 1 saturated heterocycles. The highest BCUT2D eigenvalue weighted by molar-refractivity contribution is 4.83. The third-order valence-corrected chi connectivity index (χ3v) is 3.08. The molecule has 0 amide bonds. The number of hydrogen-bond acceptors (Lipinski definition) is 3. The van der Waals surface area contributed by atoms with E-state index in [4.69, 9.17) is 9.47 Å². The first-order valence-corrected chi connectivity index (χ1v) is 5.27. The zero-order valence-corrected chi connectivity index (χ0v) is 8.34. The lowest BCUT2D eigenvalue weighted by Gasteiger charge is -2.36. The topological polar surface area (TPSA) is 30.5 Å². The monoisotopic (exact) mass is 185 g/mol. The van der Waals surface area contributed by atoms with Crippen LogP contribution in [-0.2, 0) is 9.47 Å². The molecule has 2 aliphatic rings. The molecule has 2 fully saturated rings. The minimum absolute atomic E-state index is 0.195. The Labute approximate surface area is 79.8 Å². The third-order valence-electron chi connectivity index (χ3n) is 3.08. The highest BCUT2D eigenvalue weighted by Gasteiger charge is 2.40. The molecule has 1 aliphatic carbocycles. The molecule has 1 N–H and O–H groups in total. The summed E-state index contributed by atoms with van der Waals surface area (Å²) in [6.07, 6.45) is 4.72. The van der Waals surface area contributed by atoms with Gasteiger partial charge in [0.2, 0.25) is 0 Å². The van der Waals surface area contributed by atoms with Gasteiger partial charge in [-0.2, -0.15) is 0 Å². The van der Waals surface area contributed by atoms with Crippen LogP contribution in [0.2, 0.25) is 0 Å². The smallest absolute Gasteiger partial charge is 0.168 e. The molecule has 1 spiro atoms. The normalized spacial score (nSPS) is 32.5. The predicted molar refractivity (Wildman–Crippen MR) is 50.5 cm³/mol. The second-order valence-corrected chi connectivity index (χ2v) is 4.13. The van der Waals surface area contributed by atoms with E-state index in [-0.39, 0.29) is 5.79 Å². The first-order chi connectivity index (χ1) is 6.35. The predicted octanol–water partition coefficient (Wildman–Crippen LogP) is 1.14. The van der Waals surface area contributed by atoms with Crippen molar-refractivity contribution in [1.82, 2.24) is 5.32 Å². The summed E-state index contributed by atoms with van der Waals surface area (Å²) in [4.78, 5) is 0. The van der Waals surface area contributed by atoms with Gasteiger partial charge in [0.25, 0.3) is 0 Å². The van der Waals surface area contributed by atoms with Gasteiger partial charge in [-0.3, -0.25) is 0 Å². The van der Waals surface area contributed by atoms with Crippen LogP contribution < -0.4 is 5.32 Å². The molecule has 76 valence electrons. The molecular weight excluding hydrogens is 166 g/mol. The molecule has 0 radical (unpaired) electrons. The summed E-state index contributed by atoms with van der Waals surface area (Å²) in [6, 6.07) is 0. The van der Waals surface area contributed by atoms with E-state index in [1.165, 1.54) is 12.8 Å². The number of rotatable bonds is 2. The van der Waals surface area contributed by atoms with Crippen LogP contribution in [0.25, 0.3) is 0 Å². The van der Waals surface area contributed by atoms with Crippen LogP contribution in [0.1, 0.15) is 25.7 Å². The summed E-state index contributed by atoms with van der Waals surface area (Å²) in [7, 11) is 2.01. The molecule has 0 aromatic heterocycles. The highest BCUT2D eigenvalue weighted by atomic mass is 16.7. The zero-order valence-electron chi connectivity index (χ0n) is 8.34. The molecule has 2 rings (SSSR count). The van der Waals surface area contributed by atoms with Crippen molar-refractivity contribution in [3.8, 4) is 0 Å². The Kier molecular flexibility index (Phi) is 2.86. The van der Waals surface area contributed by atoms with E-state index < -0.39 is 0 Å². The first kappa shape index (κ1) is 9.44. The lowest BCUT2D eigenvalue weighted by Crippen LogP contribution is -2.39. The second-order valence-electron chi connectivity index (χ2n) is 4.13. The van der Waals surface area contributed by atoms with Crippen LogP contribution in [0.4, 0.5) is 0 Å². The molecule has 13 heavy (non-hydrogen) atoms. The van der Waals surface area contributed by atoms with Crippen LogP contribution >= 0.6 is 0 Å². The largest absolute Gasteiger partial charge is 0.348 e. The molecule has 1 atom stereocenters. The molecule has 1 heterocycles. The van der Waals surface area contributed by atoms with E-state index in [0.717, 1.165) is 38.5 Å². The van der Waals surface area contributed by atoms with E-state index in [2.05, 4.69) is 5.32 Å². The van der Waals surface area contributed by atoms with Crippen molar-refractivity contribution in [1.29, 1.82) is 0 Å². The lowest BCUT2D eigenvalue weighted by molar-refractivity contribution is -0.186. The fraction of sp³-hybridized carbons (Fsp3) is 1.00. The van der Waals surface area contributed by atoms with E-state index in [1.54, 1.807) is 0 Å². The van der Waals surface area contributed by atoms with Gasteiger partial charge < -0.3 is 14.8 Å². The summed E-state index contributed by atoms with van der Waals surface area (Å²) in [6.45, 7) is 2.66. The summed E-state index contributed by atoms with van der Waals surface area (Å²) < 4.78 is 11.4. The first-order valence-electron chi connectivity index (χ1n) is 5.27. The maximum absolute atomic E-state index is 5.71. The number of hydrogen-bond donors (Lipinski definition) is 1. The SMILES string of the molecule is CNCC1CCCC2(C1)OCCO2. The Hall–Kier alpha value is -0.120. The van der Waals surface area contributed by atoms with Gasteiger partial charge in [-0.1, -0.05) is 0 Å². The maximum Gasteiger partial charge on any atom is 0.168 e. The summed E-state index contributed by atoms with van der Waals surface area (Å²) in [5.41, 5.74) is 0. The minimum Gasteiger partial charge on any atom is -0.348 e. The van der Waals surface area contributed by atoms with E-state index >= 15 is 0 Å². The Morgan fingerprint density at radius 3 is 2.85 bits per heavy atom. The Balaban J connectivity index is 1.90. The van der Waals surface area contributed by atoms with Crippen molar-refractivity contribution in [3.05, 3.63) is 0 Å². The van der Waals surface area contributed by atoms with Gasteiger partial charge in [-0.05, 0) is 32.4 Å². The highest BCUT2D eigenvalue weighted by Crippen LogP contribution is 2.38. The van der Waals surface area contributed by atoms with Gasteiger partial charge in [0, 0.05) is 12.8 Å². The van der Waals surface area contributed by atoms with Gasteiger partial charge >= 0.3 is 0 Å². The van der Waals surface area contributed by atoms with Crippen LogP contribution in [0.3, 0.4) is 0 Å². The van der Waals surface area contributed by atoms with E-state index in [9.17, 15) is 0 Å². The molecule has 0 aromatic rings. The maximum atomic E-state index is 5.71. The Morgan fingerprint density at radius 1 is 1.38 bits per heavy atom. The molecule has 0 bridgehead atoms. The van der Waals surface area contributed by atoms with Crippen LogP contribution in [0.15, 0.2) is 0 Å². The molecule has 3 heteroatoms. The zero-order chi connectivity index (χ0) is 9.15. The van der Waals surface area contributed by atoms with Crippen LogP contribution in [0.5, 0.6) is 0 Å². The Bertz CT molecular complexity index is 164. The van der Waals surface area contributed by atoms with Crippen molar-refractivity contribution in [2.45, 2.75) is 31.5 Å². The van der Waals surface area contributed by atoms with Gasteiger partial charge in [0.15, 0.2) is 5.79 Å². The van der Waals surface area contributed by atoms with Gasteiger partial charge in [-0.15, -0.1) is 0 Å². The molecule has 1 unspecified atom stereocenters. The van der Waals surface area contributed by atoms with Crippen molar-refractivity contribution >= 4 is 0 Å². The number of nitrogens with one attached hydrogen (secondary N) is 1. The van der Waals surface area contributed by atoms with Crippen molar-refractivity contribution in [3.63, 3.8) is 0 Å². The summed E-state index contributed by atoms with van der Waals surface area (Å²) >= 11 is 0. The molecule has 0 aromatic carbocycles. The van der Waals surface area contributed by atoms with Crippen molar-refractivity contribution < 1.29 is 9.47 Å². The second kappa shape index (κ2) is 3.95. The Morgan fingerprint density at radius 2 is 2.15 bits per heavy atom. The van der Waals surface area contributed by atoms with Crippen molar-refractivity contribution in [2.24, 2.45) is 5.92 Å². The van der Waals surface area contributed by atoms with Gasteiger partial charge in [-0.25, -0.2) is 0 Å². The average molecular weight is 185 g/mol. The molecular formula is C10H19NO2. The van der Waals surface area contributed by atoms with Crippen LogP contribution in [-0.4, -0.2) is 32.6 Å². The third kappa shape index (κ3) is 2.03. The van der Waals surface area contributed by atoms with Crippen LogP contribution in [0, 0.1) is 5.92 Å². The fourth-order valence-electron chi connectivity index (χ4n) is 2.53. The lowest BCUT2D eigenvalue weighted by atomic mass is 9.84. The summed E-state index contributed by atoms with van der Waals surface area (Å²) in [5, 5.41) is 3.23. The minimum atomic E-state index is -0.195. The standard InChI is InChI=1S/C10H19NO2/c1-11-8-9-3-2-4-10(7-9)12-5-6-13-10/h9,11H,2-8H2,1H3. The molecule has 1 aliphatic heterocycles. The number of ether oxygens (including phenoxy) is 2. The van der Waals surface area contributed by atoms with Gasteiger partial charge in [0.1, 0.15) is 0 Å². The quantitative estimate of drug-likeness (QED) is 0.699. The fourth-order valence-corrected chi connectivity index (χ4v) is 2.53. The average Bonchev–Trinajstić information content (AvgIpc) is 2.54. The summed E-state index contributed by atoms with van der Waals surface area (Å²) in [5.74, 6) is 0.539.